The van der Waals surface area contributed by atoms with Crippen molar-refractivity contribution in [1.29, 1.82) is 0 Å². The van der Waals surface area contributed by atoms with Crippen molar-refractivity contribution in [2.45, 2.75) is 26.2 Å². The molecule has 162 valence electrons. The summed E-state index contributed by atoms with van der Waals surface area (Å²) in [6.45, 7) is 8.61. The van der Waals surface area contributed by atoms with E-state index in [9.17, 15) is 14.0 Å². The molecule has 3 aromatic carbocycles. The Morgan fingerprint density at radius 3 is 2.34 bits per heavy atom. The second kappa shape index (κ2) is 8.79. The van der Waals surface area contributed by atoms with E-state index in [0.717, 1.165) is 16.8 Å². The molecular weight excluding hydrogens is 403 g/mol. The summed E-state index contributed by atoms with van der Waals surface area (Å²) in [5.41, 5.74) is 4.29. The summed E-state index contributed by atoms with van der Waals surface area (Å²) in [7, 11) is 0. The van der Waals surface area contributed by atoms with Gasteiger partial charge in [0.05, 0.1) is 11.6 Å². The molecule has 0 saturated heterocycles. The van der Waals surface area contributed by atoms with Gasteiger partial charge in [0.15, 0.2) is 0 Å². The maximum Gasteiger partial charge on any atom is 0.262 e. The zero-order valence-corrected chi connectivity index (χ0v) is 18.2. The van der Waals surface area contributed by atoms with Crippen molar-refractivity contribution in [3.05, 3.63) is 108 Å². The molecule has 0 spiro atoms. The average Bonchev–Trinajstić information content (AvgIpc) is 2.80. The molecule has 0 saturated carbocycles. The van der Waals surface area contributed by atoms with Crippen LogP contribution in [0.3, 0.4) is 0 Å². The number of anilines is 2. The largest absolute Gasteiger partial charge is 0.312 e. The first-order valence-electron chi connectivity index (χ1n) is 10.7. The first-order valence-corrected chi connectivity index (χ1v) is 10.7. The Hall–Kier alpha value is -3.73. The standard InChI is InChI=1S/C27H25FN2O2/c1-4-29(22-15-9-18(2)10-16-22)27(32)24-17-19(3)30(25-8-6-5-7-23(24)25)26(31)20-11-13-21(28)14-12-20/h5-16,24H,3-4,17H2,1-2H3/t24-/m0/s1. The van der Waals surface area contributed by atoms with Crippen molar-refractivity contribution in [1.82, 2.24) is 0 Å². The van der Waals surface area contributed by atoms with Crippen LogP contribution < -0.4 is 9.80 Å². The van der Waals surface area contributed by atoms with Crippen molar-refractivity contribution in [2.75, 3.05) is 16.3 Å². The van der Waals surface area contributed by atoms with Crippen LogP contribution in [0, 0.1) is 12.7 Å². The van der Waals surface area contributed by atoms with E-state index < -0.39 is 11.7 Å². The van der Waals surface area contributed by atoms with Crippen LogP contribution >= 0.6 is 0 Å². The van der Waals surface area contributed by atoms with E-state index in [4.69, 9.17) is 0 Å². The molecule has 2 amide bonds. The monoisotopic (exact) mass is 428 g/mol. The maximum absolute atomic E-state index is 13.6. The molecule has 1 aliphatic rings. The molecular formula is C27H25FN2O2. The van der Waals surface area contributed by atoms with Crippen LogP contribution in [-0.4, -0.2) is 18.4 Å². The quantitative estimate of drug-likeness (QED) is 0.524. The van der Waals surface area contributed by atoms with Crippen molar-refractivity contribution >= 4 is 23.2 Å². The number of rotatable bonds is 4. The molecule has 0 aromatic heterocycles. The highest BCUT2D eigenvalue weighted by Gasteiger charge is 2.37. The molecule has 0 radical (unpaired) electrons. The van der Waals surface area contributed by atoms with Crippen LogP contribution in [0.25, 0.3) is 0 Å². The summed E-state index contributed by atoms with van der Waals surface area (Å²) in [6.07, 6.45) is 0.325. The van der Waals surface area contributed by atoms with Crippen molar-refractivity contribution in [3.63, 3.8) is 0 Å². The number of hydrogen-bond acceptors (Lipinski definition) is 2. The van der Waals surface area contributed by atoms with E-state index in [1.165, 1.54) is 29.2 Å². The molecule has 1 heterocycles. The minimum absolute atomic E-state index is 0.0289. The van der Waals surface area contributed by atoms with E-state index >= 15 is 0 Å². The van der Waals surface area contributed by atoms with Gasteiger partial charge in [-0.05, 0) is 61.9 Å². The van der Waals surface area contributed by atoms with Gasteiger partial charge in [-0.1, -0.05) is 42.5 Å². The van der Waals surface area contributed by atoms with Crippen LogP contribution in [0.1, 0.15) is 40.7 Å². The number of carbonyl (C=O) groups is 2. The van der Waals surface area contributed by atoms with Gasteiger partial charge < -0.3 is 4.90 Å². The number of amides is 2. The first kappa shape index (κ1) is 21.5. The number of para-hydroxylation sites is 1. The lowest BCUT2D eigenvalue weighted by Gasteiger charge is -2.37. The van der Waals surface area contributed by atoms with E-state index in [1.54, 1.807) is 4.90 Å². The van der Waals surface area contributed by atoms with E-state index in [2.05, 4.69) is 6.58 Å². The zero-order valence-electron chi connectivity index (χ0n) is 18.2. The molecule has 0 N–H and O–H groups in total. The van der Waals surface area contributed by atoms with Gasteiger partial charge in [-0.3, -0.25) is 14.5 Å². The molecule has 0 aliphatic carbocycles. The van der Waals surface area contributed by atoms with Gasteiger partial charge in [-0.2, -0.15) is 0 Å². The number of benzene rings is 3. The molecule has 1 aliphatic heterocycles. The van der Waals surface area contributed by atoms with Crippen LogP contribution in [0.15, 0.2) is 85.1 Å². The summed E-state index contributed by atoms with van der Waals surface area (Å²) >= 11 is 0. The number of halogens is 1. The van der Waals surface area contributed by atoms with Gasteiger partial charge in [0.25, 0.3) is 5.91 Å². The van der Waals surface area contributed by atoms with Crippen LogP contribution in [0.4, 0.5) is 15.8 Å². The van der Waals surface area contributed by atoms with Gasteiger partial charge >= 0.3 is 0 Å². The fourth-order valence-corrected chi connectivity index (χ4v) is 4.17. The number of fused-ring (bicyclic) bond motifs is 1. The van der Waals surface area contributed by atoms with Crippen molar-refractivity contribution < 1.29 is 14.0 Å². The number of aryl methyl sites for hydroxylation is 1. The number of likely N-dealkylation sites (N-methyl/N-ethyl adjacent to an activating group) is 1. The van der Waals surface area contributed by atoms with Gasteiger partial charge in [0.1, 0.15) is 5.82 Å². The number of allylic oxidation sites excluding steroid dienone is 1. The van der Waals surface area contributed by atoms with Crippen LogP contribution in [0.2, 0.25) is 0 Å². The Balaban J connectivity index is 1.70. The summed E-state index contributed by atoms with van der Waals surface area (Å²) in [5.74, 6) is -1.17. The molecule has 0 unspecified atom stereocenters. The molecule has 4 nitrogen and oxygen atoms in total. The molecule has 3 aromatic rings. The average molecular weight is 429 g/mol. The smallest absolute Gasteiger partial charge is 0.262 e. The first-order chi connectivity index (χ1) is 15.4. The highest BCUT2D eigenvalue weighted by atomic mass is 19.1. The molecule has 32 heavy (non-hydrogen) atoms. The Morgan fingerprint density at radius 2 is 1.69 bits per heavy atom. The minimum Gasteiger partial charge on any atom is -0.312 e. The molecule has 5 heteroatoms. The number of hydrogen-bond donors (Lipinski definition) is 0. The lowest BCUT2D eigenvalue weighted by Crippen LogP contribution is -2.41. The molecule has 4 rings (SSSR count). The molecule has 0 fully saturated rings. The zero-order chi connectivity index (χ0) is 22.8. The van der Waals surface area contributed by atoms with Crippen LogP contribution in [0.5, 0.6) is 0 Å². The Labute approximate surface area is 187 Å². The predicted octanol–water partition coefficient (Wildman–Crippen LogP) is 5.84. The SMILES string of the molecule is C=C1C[C@H](C(=O)N(CC)c2ccc(C)cc2)c2ccccc2N1C(=O)c1ccc(F)cc1. The second-order valence-electron chi connectivity index (χ2n) is 7.95. The van der Waals surface area contributed by atoms with E-state index in [1.807, 2.05) is 62.4 Å². The van der Waals surface area contributed by atoms with E-state index in [-0.39, 0.29) is 11.8 Å². The summed E-state index contributed by atoms with van der Waals surface area (Å²) in [5, 5.41) is 0. The Bertz CT molecular complexity index is 1170. The van der Waals surface area contributed by atoms with Gasteiger partial charge in [0, 0.05) is 29.9 Å². The maximum atomic E-state index is 13.6. The van der Waals surface area contributed by atoms with Crippen LogP contribution in [-0.2, 0) is 4.79 Å². The van der Waals surface area contributed by atoms with Gasteiger partial charge in [-0.15, -0.1) is 0 Å². The molecule has 1 atom stereocenters. The van der Waals surface area contributed by atoms with Crippen molar-refractivity contribution in [2.24, 2.45) is 0 Å². The lowest BCUT2D eigenvalue weighted by molar-refractivity contribution is -0.120. The predicted molar refractivity (Wildman–Crippen MR) is 125 cm³/mol. The Kier molecular flexibility index (Phi) is 5.91. The highest BCUT2D eigenvalue weighted by molar-refractivity contribution is 6.10. The lowest BCUT2D eigenvalue weighted by atomic mass is 9.86. The van der Waals surface area contributed by atoms with E-state index in [0.29, 0.717) is 29.9 Å². The minimum atomic E-state index is -0.447. The highest BCUT2D eigenvalue weighted by Crippen LogP contribution is 2.42. The number of carbonyl (C=O) groups excluding carboxylic acids is 2. The third-order valence-electron chi connectivity index (χ3n) is 5.83. The summed E-state index contributed by atoms with van der Waals surface area (Å²) in [4.78, 5) is 30.2. The van der Waals surface area contributed by atoms with Crippen molar-refractivity contribution in [3.8, 4) is 0 Å². The number of nitrogens with zero attached hydrogens (tertiary/aromatic N) is 2. The fraction of sp³-hybridized carbons (Fsp3) is 0.185. The summed E-state index contributed by atoms with van der Waals surface area (Å²) in [6, 6.07) is 20.7. The molecule has 0 bridgehead atoms. The normalized spacial score (nSPS) is 15.3. The topological polar surface area (TPSA) is 40.6 Å². The third-order valence-corrected chi connectivity index (χ3v) is 5.83. The summed E-state index contributed by atoms with van der Waals surface area (Å²) < 4.78 is 13.3. The second-order valence-corrected chi connectivity index (χ2v) is 7.95. The Morgan fingerprint density at radius 1 is 1.03 bits per heavy atom. The third kappa shape index (κ3) is 3.94. The van der Waals surface area contributed by atoms with Gasteiger partial charge in [-0.25, -0.2) is 4.39 Å². The van der Waals surface area contributed by atoms with Gasteiger partial charge in [0.2, 0.25) is 5.91 Å². The fourth-order valence-electron chi connectivity index (χ4n) is 4.17.